The number of aryl methyl sites for hydroxylation is 1. The predicted octanol–water partition coefficient (Wildman–Crippen LogP) is 2.75. The Bertz CT molecular complexity index is 662. The Balaban J connectivity index is 2.22. The van der Waals surface area contributed by atoms with Crippen LogP contribution in [0.3, 0.4) is 0 Å². The second kappa shape index (κ2) is 6.55. The highest BCUT2D eigenvalue weighted by Crippen LogP contribution is 2.23. The van der Waals surface area contributed by atoms with Gasteiger partial charge in [-0.05, 0) is 30.7 Å². The topological polar surface area (TPSA) is 57.2 Å². The van der Waals surface area contributed by atoms with Crippen LogP contribution in [-0.2, 0) is 4.79 Å². The fourth-order valence-corrected chi connectivity index (χ4v) is 2.28. The quantitative estimate of drug-likeness (QED) is 0.798. The molecule has 0 bridgehead atoms. The molecule has 0 spiro atoms. The van der Waals surface area contributed by atoms with Gasteiger partial charge in [-0.1, -0.05) is 47.5 Å². The minimum atomic E-state index is -1.27. The second-order valence-corrected chi connectivity index (χ2v) is 5.36. The molecule has 0 aromatic heterocycles. The second-order valence-electron chi connectivity index (χ2n) is 4.92. The summed E-state index contributed by atoms with van der Waals surface area (Å²) in [6.45, 7) is 1.88. The predicted molar refractivity (Wildman–Crippen MR) is 79.3 cm³/mol. The summed E-state index contributed by atoms with van der Waals surface area (Å²) in [6, 6.07) is 13.5. The van der Waals surface area contributed by atoms with Gasteiger partial charge in [-0.3, -0.25) is 4.79 Å². The number of carboxylic acids is 1. The van der Waals surface area contributed by atoms with Gasteiger partial charge < -0.3 is 9.90 Å². The highest BCUT2D eigenvalue weighted by molar-refractivity contribution is 6.30. The molecule has 0 N–H and O–H groups in total. The van der Waals surface area contributed by atoms with E-state index in [1.54, 1.807) is 42.5 Å². The molecule has 4 heteroatoms. The largest absolute Gasteiger partial charge is 0.549 e. The molecule has 2 aromatic rings. The number of carbonyl (C=O) groups excluding carboxylic acids is 2. The number of aliphatic carboxylic acids is 1. The van der Waals surface area contributed by atoms with Crippen molar-refractivity contribution in [3.8, 4) is 0 Å². The Hall–Kier alpha value is -2.13. The Kier molecular flexibility index (Phi) is 4.76. The zero-order valence-electron chi connectivity index (χ0n) is 11.5. The Morgan fingerprint density at radius 2 is 1.81 bits per heavy atom. The molecule has 0 aliphatic rings. The van der Waals surface area contributed by atoms with Gasteiger partial charge in [-0.2, -0.15) is 0 Å². The average Bonchev–Trinajstić information content (AvgIpc) is 2.45. The first kappa shape index (κ1) is 15.3. The minimum absolute atomic E-state index is 0.132. The number of Topliss-reactive ketones (excluding diaryl/α,β-unsaturated/α-hetero) is 1. The Labute approximate surface area is 128 Å². The van der Waals surface area contributed by atoms with Gasteiger partial charge in [-0.25, -0.2) is 0 Å². The van der Waals surface area contributed by atoms with Crippen molar-refractivity contribution in [1.82, 2.24) is 0 Å². The molecule has 1 atom stereocenters. The van der Waals surface area contributed by atoms with Gasteiger partial charge in [0, 0.05) is 28.9 Å². The summed E-state index contributed by atoms with van der Waals surface area (Å²) < 4.78 is 0. The number of benzene rings is 2. The minimum Gasteiger partial charge on any atom is -0.549 e. The standard InChI is InChI=1S/C17H15ClO3/c1-11-3-2-4-13(9-11)16(19)10-15(17(20)21)12-5-7-14(18)8-6-12/h2-9,15H,10H2,1H3,(H,20,21)/p-1/t15-/m0/s1. The lowest BCUT2D eigenvalue weighted by atomic mass is 9.91. The summed E-state index contributed by atoms with van der Waals surface area (Å²) in [5.74, 6) is -2.46. The van der Waals surface area contributed by atoms with Gasteiger partial charge >= 0.3 is 0 Å². The third kappa shape index (κ3) is 3.92. The fourth-order valence-electron chi connectivity index (χ4n) is 2.15. The van der Waals surface area contributed by atoms with Crippen molar-refractivity contribution >= 4 is 23.4 Å². The van der Waals surface area contributed by atoms with E-state index in [0.29, 0.717) is 16.1 Å². The number of carboxylic acid groups (broad SMARTS) is 1. The lowest BCUT2D eigenvalue weighted by Crippen LogP contribution is -2.31. The van der Waals surface area contributed by atoms with Gasteiger partial charge in [-0.15, -0.1) is 0 Å². The lowest BCUT2D eigenvalue weighted by molar-refractivity contribution is -0.307. The van der Waals surface area contributed by atoms with Crippen molar-refractivity contribution in [2.45, 2.75) is 19.3 Å². The molecule has 0 heterocycles. The first-order valence-electron chi connectivity index (χ1n) is 6.53. The highest BCUT2D eigenvalue weighted by Gasteiger charge is 2.18. The van der Waals surface area contributed by atoms with Crippen molar-refractivity contribution in [3.63, 3.8) is 0 Å². The molecule has 0 amide bonds. The number of ketones is 1. The molecule has 0 unspecified atom stereocenters. The smallest absolute Gasteiger partial charge is 0.163 e. The van der Waals surface area contributed by atoms with Crippen molar-refractivity contribution in [3.05, 3.63) is 70.2 Å². The number of rotatable bonds is 5. The van der Waals surface area contributed by atoms with Crippen LogP contribution in [0.15, 0.2) is 48.5 Å². The van der Waals surface area contributed by atoms with Crippen molar-refractivity contribution in [2.75, 3.05) is 0 Å². The van der Waals surface area contributed by atoms with E-state index in [4.69, 9.17) is 11.6 Å². The molecule has 3 nitrogen and oxygen atoms in total. The molecular formula is C17H14ClO3-. The lowest BCUT2D eigenvalue weighted by Gasteiger charge is -2.18. The van der Waals surface area contributed by atoms with Crippen LogP contribution in [0.1, 0.15) is 33.8 Å². The van der Waals surface area contributed by atoms with Crippen molar-refractivity contribution in [2.24, 2.45) is 0 Å². The number of halogens is 1. The van der Waals surface area contributed by atoms with Crippen LogP contribution in [0.5, 0.6) is 0 Å². The monoisotopic (exact) mass is 301 g/mol. The summed E-state index contributed by atoms with van der Waals surface area (Å²) in [5, 5.41) is 11.8. The SMILES string of the molecule is Cc1cccc(C(=O)C[C@H](C(=O)[O-])c2ccc(Cl)cc2)c1. The van der Waals surface area contributed by atoms with Gasteiger partial charge in [0.1, 0.15) is 0 Å². The fraction of sp³-hybridized carbons (Fsp3) is 0.176. The summed E-state index contributed by atoms with van der Waals surface area (Å²) >= 11 is 5.78. The summed E-state index contributed by atoms with van der Waals surface area (Å²) in [4.78, 5) is 23.6. The third-order valence-electron chi connectivity index (χ3n) is 3.29. The van der Waals surface area contributed by atoms with E-state index < -0.39 is 11.9 Å². The first-order valence-corrected chi connectivity index (χ1v) is 6.91. The maximum absolute atomic E-state index is 12.2. The van der Waals surface area contributed by atoms with Crippen LogP contribution in [0.25, 0.3) is 0 Å². The van der Waals surface area contributed by atoms with E-state index in [-0.39, 0.29) is 12.2 Å². The number of carbonyl (C=O) groups is 2. The average molecular weight is 302 g/mol. The zero-order chi connectivity index (χ0) is 15.4. The first-order chi connectivity index (χ1) is 9.97. The molecular weight excluding hydrogens is 288 g/mol. The highest BCUT2D eigenvalue weighted by atomic mass is 35.5. The third-order valence-corrected chi connectivity index (χ3v) is 3.54. The molecule has 0 radical (unpaired) electrons. The van der Waals surface area contributed by atoms with E-state index in [9.17, 15) is 14.7 Å². The van der Waals surface area contributed by atoms with Gasteiger partial charge in [0.05, 0.1) is 0 Å². The molecule has 0 saturated heterocycles. The number of hydrogen-bond acceptors (Lipinski definition) is 3. The van der Waals surface area contributed by atoms with E-state index in [2.05, 4.69) is 0 Å². The van der Waals surface area contributed by atoms with Crippen molar-refractivity contribution < 1.29 is 14.7 Å². The maximum atomic E-state index is 12.2. The van der Waals surface area contributed by atoms with E-state index in [0.717, 1.165) is 5.56 Å². The molecule has 21 heavy (non-hydrogen) atoms. The summed E-state index contributed by atoms with van der Waals surface area (Å²) in [7, 11) is 0. The Morgan fingerprint density at radius 1 is 1.14 bits per heavy atom. The number of hydrogen-bond donors (Lipinski definition) is 0. The molecule has 0 saturated carbocycles. The van der Waals surface area contributed by atoms with Gasteiger partial charge in [0.2, 0.25) is 0 Å². The molecule has 108 valence electrons. The molecule has 2 rings (SSSR count). The molecule has 2 aromatic carbocycles. The Morgan fingerprint density at radius 3 is 2.38 bits per heavy atom. The normalized spacial score (nSPS) is 11.9. The van der Waals surface area contributed by atoms with Crippen LogP contribution in [0, 0.1) is 6.92 Å². The van der Waals surface area contributed by atoms with Crippen LogP contribution in [0.2, 0.25) is 5.02 Å². The summed E-state index contributed by atoms with van der Waals surface area (Å²) in [5.41, 5.74) is 1.98. The van der Waals surface area contributed by atoms with Crippen molar-refractivity contribution in [1.29, 1.82) is 0 Å². The van der Waals surface area contributed by atoms with E-state index >= 15 is 0 Å². The van der Waals surface area contributed by atoms with E-state index in [1.807, 2.05) is 13.0 Å². The van der Waals surface area contributed by atoms with Crippen LogP contribution < -0.4 is 5.11 Å². The molecule has 0 aliphatic carbocycles. The van der Waals surface area contributed by atoms with Gasteiger partial charge in [0.15, 0.2) is 5.78 Å². The summed E-state index contributed by atoms with van der Waals surface area (Å²) in [6.07, 6.45) is -0.132. The molecule has 0 aliphatic heterocycles. The van der Waals surface area contributed by atoms with E-state index in [1.165, 1.54) is 0 Å². The van der Waals surface area contributed by atoms with Gasteiger partial charge in [0.25, 0.3) is 0 Å². The zero-order valence-corrected chi connectivity index (χ0v) is 12.3. The van der Waals surface area contributed by atoms with Crippen LogP contribution >= 0.6 is 11.6 Å². The van der Waals surface area contributed by atoms with Crippen LogP contribution in [-0.4, -0.2) is 11.8 Å². The van der Waals surface area contributed by atoms with Crippen LogP contribution in [0.4, 0.5) is 0 Å². The molecule has 0 fully saturated rings. The maximum Gasteiger partial charge on any atom is 0.163 e.